The molecule has 0 radical (unpaired) electrons. The quantitative estimate of drug-likeness (QED) is 0.840. The van der Waals surface area contributed by atoms with Gasteiger partial charge in [0.2, 0.25) is 0 Å². The van der Waals surface area contributed by atoms with Gasteiger partial charge < -0.3 is 9.47 Å². The van der Waals surface area contributed by atoms with E-state index in [1.54, 1.807) is 6.20 Å². The first-order chi connectivity index (χ1) is 8.92. The molecule has 0 bridgehead atoms. The van der Waals surface area contributed by atoms with E-state index in [1.807, 2.05) is 54.9 Å². The van der Waals surface area contributed by atoms with Crippen molar-refractivity contribution in [3.63, 3.8) is 0 Å². The van der Waals surface area contributed by atoms with Crippen molar-refractivity contribution in [3.05, 3.63) is 30.5 Å². The fraction of sp³-hybridized carbons (Fsp3) is 0.429. The van der Waals surface area contributed by atoms with Gasteiger partial charge in [-0.05, 0) is 33.1 Å². The van der Waals surface area contributed by atoms with Gasteiger partial charge in [0.1, 0.15) is 0 Å². The zero-order valence-corrected chi connectivity index (χ0v) is 12.4. The third-order valence-electron chi connectivity index (χ3n) is 3.21. The summed E-state index contributed by atoms with van der Waals surface area (Å²) in [5.41, 5.74) is 0.952. The van der Waals surface area contributed by atoms with Crippen LogP contribution in [0.5, 0.6) is 0 Å². The Morgan fingerprint density at radius 2 is 1.89 bits per heavy atom. The van der Waals surface area contributed by atoms with Crippen LogP contribution in [0.25, 0.3) is 10.9 Å². The van der Waals surface area contributed by atoms with Gasteiger partial charge in [0, 0.05) is 24.1 Å². The van der Waals surface area contributed by atoms with Gasteiger partial charge in [0.15, 0.2) is 9.84 Å². The molecular weight excluding hydrogens is 260 g/mol. The Kier molecular flexibility index (Phi) is 3.96. The first kappa shape index (κ1) is 14.1. The van der Waals surface area contributed by atoms with E-state index < -0.39 is 9.84 Å². The van der Waals surface area contributed by atoms with Crippen molar-refractivity contribution in [1.29, 1.82) is 0 Å². The van der Waals surface area contributed by atoms with E-state index in [4.69, 9.17) is 0 Å². The highest BCUT2D eigenvalue weighted by Crippen LogP contribution is 2.25. The summed E-state index contributed by atoms with van der Waals surface area (Å²) in [6, 6.07) is 7.61. The van der Waals surface area contributed by atoms with Gasteiger partial charge in [-0.15, -0.1) is 0 Å². The molecule has 0 amide bonds. The van der Waals surface area contributed by atoms with Crippen molar-refractivity contribution < 1.29 is 8.42 Å². The Morgan fingerprint density at radius 3 is 2.58 bits per heavy atom. The van der Waals surface area contributed by atoms with Gasteiger partial charge in [-0.1, -0.05) is 18.2 Å². The minimum absolute atomic E-state index is 0.194. The highest BCUT2D eigenvalue weighted by molar-refractivity contribution is 7.91. The van der Waals surface area contributed by atoms with Crippen molar-refractivity contribution in [2.45, 2.75) is 11.3 Å². The van der Waals surface area contributed by atoms with Gasteiger partial charge in [-0.25, -0.2) is 8.42 Å². The number of rotatable bonds is 5. The van der Waals surface area contributed by atoms with Crippen LogP contribution < -0.4 is 0 Å². The summed E-state index contributed by atoms with van der Waals surface area (Å²) in [6.45, 7) is 0.782. The molecular formula is C14H20N2O2S. The molecule has 104 valence electrons. The summed E-state index contributed by atoms with van der Waals surface area (Å²) in [4.78, 5) is 2.45. The van der Waals surface area contributed by atoms with Crippen molar-refractivity contribution in [1.82, 2.24) is 9.47 Å². The Labute approximate surface area is 114 Å². The number of aryl methyl sites for hydroxylation is 1. The molecule has 4 nitrogen and oxygen atoms in total. The first-order valence-corrected chi connectivity index (χ1v) is 7.98. The summed E-state index contributed by atoms with van der Waals surface area (Å²) in [5, 5.41) is 0.815. The van der Waals surface area contributed by atoms with Crippen molar-refractivity contribution in [2.75, 3.05) is 26.4 Å². The Bertz CT molecular complexity index is 672. The smallest absolute Gasteiger partial charge is 0.180 e. The lowest BCUT2D eigenvalue weighted by Crippen LogP contribution is -2.17. The Hall–Kier alpha value is -1.33. The highest BCUT2D eigenvalue weighted by atomic mass is 32.2. The second-order valence-electron chi connectivity index (χ2n) is 5.10. The molecule has 19 heavy (non-hydrogen) atoms. The zero-order valence-electron chi connectivity index (χ0n) is 11.6. The SMILES string of the molecule is CN(C)CCCS(=O)(=O)c1cn(C)c2ccccc12. The van der Waals surface area contributed by atoms with Gasteiger partial charge in [-0.3, -0.25) is 0 Å². The lowest BCUT2D eigenvalue weighted by Gasteiger charge is -2.09. The molecule has 1 aromatic carbocycles. The van der Waals surface area contributed by atoms with E-state index in [1.165, 1.54) is 0 Å². The molecule has 2 rings (SSSR count). The average Bonchev–Trinajstić information content (AvgIpc) is 2.68. The number of benzene rings is 1. The number of hydrogen-bond donors (Lipinski definition) is 0. The lowest BCUT2D eigenvalue weighted by atomic mass is 10.2. The molecule has 2 aromatic rings. The van der Waals surface area contributed by atoms with Crippen LogP contribution in [0.3, 0.4) is 0 Å². The Morgan fingerprint density at radius 1 is 1.21 bits per heavy atom. The number of nitrogens with zero attached hydrogens (tertiary/aromatic N) is 2. The number of fused-ring (bicyclic) bond motifs is 1. The fourth-order valence-corrected chi connectivity index (χ4v) is 3.79. The minimum atomic E-state index is -3.21. The van der Waals surface area contributed by atoms with Crippen LogP contribution in [-0.4, -0.2) is 44.3 Å². The maximum Gasteiger partial charge on any atom is 0.180 e. The summed E-state index contributed by atoms with van der Waals surface area (Å²) in [7, 11) is 2.56. The Balaban J connectivity index is 2.33. The third-order valence-corrected chi connectivity index (χ3v) is 5.04. The van der Waals surface area contributed by atoms with Crippen molar-refractivity contribution in [2.24, 2.45) is 7.05 Å². The van der Waals surface area contributed by atoms with E-state index >= 15 is 0 Å². The largest absolute Gasteiger partial charge is 0.349 e. The number of hydrogen-bond acceptors (Lipinski definition) is 3. The van der Waals surface area contributed by atoms with Gasteiger partial charge in [0.25, 0.3) is 0 Å². The van der Waals surface area contributed by atoms with Crippen LogP contribution >= 0.6 is 0 Å². The predicted octanol–water partition coefficient (Wildman–Crippen LogP) is 1.90. The molecule has 1 aromatic heterocycles. The van der Waals surface area contributed by atoms with Gasteiger partial charge >= 0.3 is 0 Å². The molecule has 5 heteroatoms. The monoisotopic (exact) mass is 280 g/mol. The molecule has 0 fully saturated rings. The second kappa shape index (κ2) is 5.35. The van der Waals surface area contributed by atoms with Crippen LogP contribution in [0, 0.1) is 0 Å². The maximum absolute atomic E-state index is 12.4. The van der Waals surface area contributed by atoms with E-state index in [0.717, 1.165) is 17.4 Å². The topological polar surface area (TPSA) is 42.3 Å². The minimum Gasteiger partial charge on any atom is -0.349 e. The van der Waals surface area contributed by atoms with Crippen LogP contribution in [-0.2, 0) is 16.9 Å². The molecule has 0 aliphatic rings. The molecule has 1 heterocycles. The molecule has 0 aliphatic heterocycles. The van der Waals surface area contributed by atoms with Crippen LogP contribution in [0.4, 0.5) is 0 Å². The molecule has 0 saturated carbocycles. The second-order valence-corrected chi connectivity index (χ2v) is 7.17. The third kappa shape index (κ3) is 2.98. The molecule has 0 saturated heterocycles. The molecule has 0 aliphatic carbocycles. The first-order valence-electron chi connectivity index (χ1n) is 6.33. The standard InChI is InChI=1S/C14H20N2O2S/c1-15(2)9-6-10-19(17,18)14-11-16(3)13-8-5-4-7-12(13)14/h4-5,7-8,11H,6,9-10H2,1-3H3. The summed E-state index contributed by atoms with van der Waals surface area (Å²) in [5.74, 6) is 0.194. The predicted molar refractivity (Wildman–Crippen MR) is 78.1 cm³/mol. The van der Waals surface area contributed by atoms with Crippen LogP contribution in [0.1, 0.15) is 6.42 Å². The van der Waals surface area contributed by atoms with Crippen LogP contribution in [0.2, 0.25) is 0 Å². The zero-order chi connectivity index (χ0) is 14.0. The van der Waals surface area contributed by atoms with E-state index in [0.29, 0.717) is 11.3 Å². The van der Waals surface area contributed by atoms with Crippen molar-refractivity contribution in [3.8, 4) is 0 Å². The van der Waals surface area contributed by atoms with Crippen molar-refractivity contribution >= 4 is 20.7 Å². The van der Waals surface area contributed by atoms with Gasteiger partial charge in [0.05, 0.1) is 10.6 Å². The molecule has 0 spiro atoms. The number of para-hydroxylation sites is 1. The summed E-state index contributed by atoms with van der Waals surface area (Å²) in [6.07, 6.45) is 2.37. The highest BCUT2D eigenvalue weighted by Gasteiger charge is 2.19. The number of sulfone groups is 1. The molecule has 0 N–H and O–H groups in total. The molecule has 0 atom stereocenters. The number of aromatic nitrogens is 1. The maximum atomic E-state index is 12.4. The van der Waals surface area contributed by atoms with E-state index in [2.05, 4.69) is 0 Å². The van der Waals surface area contributed by atoms with Crippen LogP contribution in [0.15, 0.2) is 35.4 Å². The van der Waals surface area contributed by atoms with Gasteiger partial charge in [-0.2, -0.15) is 0 Å². The normalized spacial score (nSPS) is 12.4. The van der Waals surface area contributed by atoms with E-state index in [9.17, 15) is 8.42 Å². The summed E-state index contributed by atoms with van der Waals surface area (Å²) < 4.78 is 26.7. The van der Waals surface area contributed by atoms with E-state index in [-0.39, 0.29) is 5.75 Å². The lowest BCUT2D eigenvalue weighted by molar-refractivity contribution is 0.408. The fourth-order valence-electron chi connectivity index (χ4n) is 2.23. The molecule has 0 unspecified atom stereocenters. The summed E-state index contributed by atoms with van der Waals surface area (Å²) >= 11 is 0. The average molecular weight is 280 g/mol.